The summed E-state index contributed by atoms with van der Waals surface area (Å²) < 4.78 is 6.29. The number of aliphatic hydroxyl groups is 1. The normalized spacial score (nSPS) is 18.6. The first-order chi connectivity index (χ1) is 11.1. The number of carbonyl (C=O) groups is 1. The Labute approximate surface area is 142 Å². The number of rotatable bonds is 12. The van der Waals surface area contributed by atoms with E-state index in [0.29, 0.717) is 19.1 Å². The average Bonchev–Trinajstić information content (AvgIpc) is 2.56. The van der Waals surface area contributed by atoms with E-state index in [4.69, 9.17) is 4.74 Å². The van der Waals surface area contributed by atoms with Crippen LogP contribution in [0.5, 0.6) is 0 Å². The highest BCUT2D eigenvalue weighted by atomic mass is 16.5. The number of hydrogen-bond acceptors (Lipinski definition) is 3. The molecule has 0 bridgehead atoms. The zero-order valence-corrected chi connectivity index (χ0v) is 15.4. The van der Waals surface area contributed by atoms with Gasteiger partial charge in [0.2, 0.25) is 0 Å². The lowest BCUT2D eigenvalue weighted by Crippen LogP contribution is -2.56. The topological polar surface area (TPSA) is 46.5 Å². The Kier molecular flexibility index (Phi) is 10.5. The maximum atomic E-state index is 11.8. The van der Waals surface area contributed by atoms with Gasteiger partial charge >= 0.3 is 5.97 Å². The predicted molar refractivity (Wildman–Crippen MR) is 94.2 cm³/mol. The number of hydrogen-bond donors (Lipinski definition) is 1. The smallest absolute Gasteiger partial charge is 0.305 e. The summed E-state index contributed by atoms with van der Waals surface area (Å²) in [6.45, 7) is 4.48. The molecule has 1 unspecified atom stereocenters. The number of esters is 1. The van der Waals surface area contributed by atoms with Crippen molar-refractivity contribution >= 4 is 5.97 Å². The zero-order chi connectivity index (χ0) is 17.0. The Morgan fingerprint density at radius 1 is 1.09 bits per heavy atom. The maximum Gasteiger partial charge on any atom is 0.305 e. The van der Waals surface area contributed by atoms with E-state index in [9.17, 15) is 9.90 Å². The van der Waals surface area contributed by atoms with Crippen LogP contribution in [0.4, 0.5) is 0 Å². The van der Waals surface area contributed by atoms with Crippen LogP contribution in [-0.2, 0) is 9.53 Å². The second kappa shape index (κ2) is 11.9. The Bertz CT molecular complexity index is 316. The molecule has 0 aromatic carbocycles. The van der Waals surface area contributed by atoms with Gasteiger partial charge in [-0.3, -0.25) is 4.79 Å². The number of unbranched alkanes of at least 4 members (excludes halogenated alkanes) is 4. The molecule has 136 valence electrons. The van der Waals surface area contributed by atoms with Crippen molar-refractivity contribution < 1.29 is 19.1 Å². The molecule has 0 aliphatic heterocycles. The summed E-state index contributed by atoms with van der Waals surface area (Å²) in [6.07, 6.45) is 12.7. The standard InChI is InChI=1S/C19H38NO3/c1-3-4-5-6-10-13-19(22)23-17-15-20(2,14-16-21)18-11-8-7-9-12-18/h18,21H,3-17H2,1-2H3/q+1. The Morgan fingerprint density at radius 2 is 1.78 bits per heavy atom. The van der Waals surface area contributed by atoms with Crippen molar-refractivity contribution in [2.75, 3.05) is 33.4 Å². The Hall–Kier alpha value is -0.610. The van der Waals surface area contributed by atoms with Crippen molar-refractivity contribution in [2.45, 2.75) is 83.6 Å². The third-order valence-electron chi connectivity index (χ3n) is 5.42. The summed E-state index contributed by atoms with van der Waals surface area (Å²) >= 11 is 0. The SMILES string of the molecule is CCCCCCCC(=O)OCC[N+](C)(CCO)C1CCCCC1. The summed E-state index contributed by atoms with van der Waals surface area (Å²) in [7, 11) is 2.21. The number of quaternary nitrogens is 1. The molecule has 4 heteroatoms. The lowest BCUT2D eigenvalue weighted by molar-refractivity contribution is -0.935. The first-order valence-corrected chi connectivity index (χ1v) is 9.73. The number of ether oxygens (including phenoxy) is 1. The van der Waals surface area contributed by atoms with Crippen LogP contribution in [0.1, 0.15) is 77.6 Å². The zero-order valence-electron chi connectivity index (χ0n) is 15.4. The molecule has 1 saturated carbocycles. The molecule has 23 heavy (non-hydrogen) atoms. The molecular formula is C19H38NO3+. The quantitative estimate of drug-likeness (QED) is 0.338. The highest BCUT2D eigenvalue weighted by molar-refractivity contribution is 5.69. The van der Waals surface area contributed by atoms with Gasteiger partial charge in [0.1, 0.15) is 19.7 Å². The average molecular weight is 329 g/mol. The van der Waals surface area contributed by atoms with E-state index in [2.05, 4.69) is 14.0 Å². The van der Waals surface area contributed by atoms with Crippen molar-refractivity contribution in [1.29, 1.82) is 0 Å². The van der Waals surface area contributed by atoms with Crippen molar-refractivity contribution in [1.82, 2.24) is 0 Å². The first kappa shape index (κ1) is 20.4. The molecular weight excluding hydrogens is 290 g/mol. The van der Waals surface area contributed by atoms with Crippen LogP contribution in [0.3, 0.4) is 0 Å². The second-order valence-corrected chi connectivity index (χ2v) is 7.33. The van der Waals surface area contributed by atoms with Crippen molar-refractivity contribution in [2.24, 2.45) is 0 Å². The minimum Gasteiger partial charge on any atom is -0.460 e. The largest absolute Gasteiger partial charge is 0.460 e. The fraction of sp³-hybridized carbons (Fsp3) is 0.947. The van der Waals surface area contributed by atoms with E-state index in [0.717, 1.165) is 30.4 Å². The van der Waals surface area contributed by atoms with E-state index < -0.39 is 0 Å². The molecule has 0 heterocycles. The summed E-state index contributed by atoms with van der Waals surface area (Å²) in [6, 6.07) is 0.614. The fourth-order valence-corrected chi connectivity index (χ4v) is 3.72. The van der Waals surface area contributed by atoms with Crippen LogP contribution in [0.15, 0.2) is 0 Å². The Morgan fingerprint density at radius 3 is 2.43 bits per heavy atom. The van der Waals surface area contributed by atoms with Gasteiger partial charge in [0.25, 0.3) is 0 Å². The van der Waals surface area contributed by atoms with Crippen molar-refractivity contribution in [3.63, 3.8) is 0 Å². The van der Waals surface area contributed by atoms with Gasteiger partial charge in [-0.2, -0.15) is 0 Å². The summed E-state index contributed by atoms with van der Waals surface area (Å²) in [5.41, 5.74) is 0. The van der Waals surface area contributed by atoms with E-state index in [1.54, 1.807) is 0 Å². The summed E-state index contributed by atoms with van der Waals surface area (Å²) in [4.78, 5) is 11.8. The highest BCUT2D eigenvalue weighted by Gasteiger charge is 2.33. The molecule has 0 aromatic rings. The maximum absolute atomic E-state index is 11.8. The van der Waals surface area contributed by atoms with Gasteiger partial charge in [0.15, 0.2) is 0 Å². The van der Waals surface area contributed by atoms with E-state index in [-0.39, 0.29) is 12.6 Å². The lowest BCUT2D eigenvalue weighted by Gasteiger charge is -2.43. The number of nitrogens with zero attached hydrogens (tertiary/aromatic N) is 1. The van der Waals surface area contributed by atoms with Crippen molar-refractivity contribution in [3.8, 4) is 0 Å². The second-order valence-electron chi connectivity index (χ2n) is 7.33. The highest BCUT2D eigenvalue weighted by Crippen LogP contribution is 2.26. The van der Waals surface area contributed by atoms with Gasteiger partial charge in [0, 0.05) is 6.42 Å². The predicted octanol–water partition coefficient (Wildman–Crippen LogP) is 3.66. The van der Waals surface area contributed by atoms with Gasteiger partial charge in [-0.1, -0.05) is 39.0 Å². The van der Waals surface area contributed by atoms with Gasteiger partial charge in [-0.15, -0.1) is 0 Å². The molecule has 0 amide bonds. The molecule has 0 spiro atoms. The monoisotopic (exact) mass is 328 g/mol. The molecule has 1 aliphatic rings. The molecule has 1 aliphatic carbocycles. The molecule has 0 saturated heterocycles. The van der Waals surface area contributed by atoms with Crippen LogP contribution in [0, 0.1) is 0 Å². The van der Waals surface area contributed by atoms with Gasteiger partial charge in [-0.25, -0.2) is 0 Å². The number of carbonyl (C=O) groups excluding carboxylic acids is 1. The molecule has 1 rings (SSSR count). The third kappa shape index (κ3) is 8.16. The van der Waals surface area contributed by atoms with Crippen LogP contribution in [-0.4, -0.2) is 55.0 Å². The minimum absolute atomic E-state index is 0.0549. The summed E-state index contributed by atoms with van der Waals surface area (Å²) in [5, 5.41) is 9.40. The van der Waals surface area contributed by atoms with E-state index in [1.165, 1.54) is 51.4 Å². The first-order valence-electron chi connectivity index (χ1n) is 9.73. The fourth-order valence-electron chi connectivity index (χ4n) is 3.72. The van der Waals surface area contributed by atoms with Crippen LogP contribution >= 0.6 is 0 Å². The van der Waals surface area contributed by atoms with Crippen LogP contribution in [0.2, 0.25) is 0 Å². The third-order valence-corrected chi connectivity index (χ3v) is 5.42. The molecule has 1 fully saturated rings. The van der Waals surface area contributed by atoms with Crippen LogP contribution < -0.4 is 0 Å². The van der Waals surface area contributed by atoms with Gasteiger partial charge in [0.05, 0.1) is 19.7 Å². The van der Waals surface area contributed by atoms with Gasteiger partial charge in [-0.05, 0) is 32.1 Å². The van der Waals surface area contributed by atoms with E-state index in [1.807, 2.05) is 0 Å². The number of aliphatic hydroxyl groups excluding tert-OH is 1. The summed E-state index contributed by atoms with van der Waals surface area (Å²) in [5.74, 6) is -0.0549. The van der Waals surface area contributed by atoms with E-state index >= 15 is 0 Å². The number of likely N-dealkylation sites (N-methyl/N-ethyl adjacent to an activating group) is 1. The Balaban J connectivity index is 2.25. The molecule has 1 atom stereocenters. The van der Waals surface area contributed by atoms with Crippen molar-refractivity contribution in [3.05, 3.63) is 0 Å². The van der Waals surface area contributed by atoms with Crippen LogP contribution in [0.25, 0.3) is 0 Å². The molecule has 0 radical (unpaired) electrons. The molecule has 1 N–H and O–H groups in total. The minimum atomic E-state index is -0.0549. The molecule has 4 nitrogen and oxygen atoms in total. The lowest BCUT2D eigenvalue weighted by atomic mass is 9.92. The van der Waals surface area contributed by atoms with Gasteiger partial charge < -0.3 is 14.3 Å². The molecule has 0 aromatic heterocycles.